The average molecular weight is 443 g/mol. The van der Waals surface area contributed by atoms with Crippen molar-refractivity contribution in [1.29, 1.82) is 0 Å². The summed E-state index contributed by atoms with van der Waals surface area (Å²) in [5.41, 5.74) is 2.60. The van der Waals surface area contributed by atoms with Crippen LogP contribution in [0, 0.1) is 0 Å². The molecule has 3 rings (SSSR count). The Morgan fingerprint density at radius 3 is 2.71 bits per heavy atom. The van der Waals surface area contributed by atoms with Crippen LogP contribution in [-0.2, 0) is 20.9 Å². The van der Waals surface area contributed by atoms with E-state index in [1.807, 2.05) is 18.2 Å². The number of hydrogen-bond donors (Lipinski definition) is 0. The molecule has 28 heavy (non-hydrogen) atoms. The Labute approximate surface area is 171 Å². The van der Waals surface area contributed by atoms with Crippen LogP contribution in [0.15, 0.2) is 64.0 Å². The van der Waals surface area contributed by atoms with Crippen molar-refractivity contribution in [2.24, 2.45) is 0 Å². The van der Waals surface area contributed by atoms with Crippen molar-refractivity contribution in [1.82, 2.24) is 9.88 Å². The van der Waals surface area contributed by atoms with Gasteiger partial charge in [-0.05, 0) is 42.8 Å². The van der Waals surface area contributed by atoms with E-state index >= 15 is 0 Å². The second-order valence-corrected chi connectivity index (χ2v) is 7.06. The van der Waals surface area contributed by atoms with Crippen LogP contribution in [0.2, 0.25) is 0 Å². The number of amides is 1. The Morgan fingerprint density at radius 2 is 2.07 bits per heavy atom. The Bertz CT molecular complexity index is 983. The lowest BCUT2D eigenvalue weighted by Gasteiger charge is -2.17. The smallest absolute Gasteiger partial charge is 0.340 e. The first kappa shape index (κ1) is 19.8. The molecule has 0 atom stereocenters. The van der Waals surface area contributed by atoms with Crippen molar-refractivity contribution in [3.8, 4) is 5.75 Å². The topological polar surface area (TPSA) is 68.7 Å². The third kappa shape index (κ3) is 3.84. The summed E-state index contributed by atoms with van der Waals surface area (Å²) in [6.07, 6.45) is 5.02. The van der Waals surface area contributed by atoms with Crippen molar-refractivity contribution < 1.29 is 19.1 Å². The zero-order valence-corrected chi connectivity index (χ0v) is 17.3. The molecule has 1 amide bonds. The SMILES string of the molecule is COC(=O)C1=C(C)N(Cc2cccnc2)C(=O)/C1=C\c1cc(Br)ccc1OC. The molecule has 6 nitrogen and oxygen atoms in total. The third-order valence-electron chi connectivity index (χ3n) is 4.46. The van der Waals surface area contributed by atoms with Crippen molar-refractivity contribution in [3.05, 3.63) is 75.2 Å². The minimum Gasteiger partial charge on any atom is -0.496 e. The number of methoxy groups -OCH3 is 2. The minimum atomic E-state index is -0.556. The molecule has 7 heteroatoms. The number of benzene rings is 1. The maximum Gasteiger partial charge on any atom is 0.340 e. The number of allylic oxidation sites excluding steroid dienone is 1. The first-order chi connectivity index (χ1) is 13.5. The molecule has 0 bridgehead atoms. The predicted molar refractivity (Wildman–Crippen MR) is 108 cm³/mol. The molecule has 0 spiro atoms. The van der Waals surface area contributed by atoms with Crippen LogP contribution in [0.1, 0.15) is 18.1 Å². The van der Waals surface area contributed by atoms with Gasteiger partial charge in [-0.25, -0.2) is 4.79 Å². The van der Waals surface area contributed by atoms with Gasteiger partial charge in [0.2, 0.25) is 0 Å². The van der Waals surface area contributed by atoms with Gasteiger partial charge in [-0.2, -0.15) is 0 Å². The molecule has 0 saturated heterocycles. The maximum atomic E-state index is 13.2. The maximum absolute atomic E-state index is 13.2. The predicted octanol–water partition coefficient (Wildman–Crippen LogP) is 3.73. The molecular weight excluding hydrogens is 424 g/mol. The number of pyridine rings is 1. The fraction of sp³-hybridized carbons (Fsp3) is 0.190. The van der Waals surface area contributed by atoms with Crippen molar-refractivity contribution in [2.75, 3.05) is 14.2 Å². The molecule has 1 aliphatic heterocycles. The van der Waals surface area contributed by atoms with Crippen molar-refractivity contribution in [2.45, 2.75) is 13.5 Å². The zero-order valence-electron chi connectivity index (χ0n) is 15.7. The lowest BCUT2D eigenvalue weighted by Crippen LogP contribution is -2.24. The number of hydrogen-bond acceptors (Lipinski definition) is 5. The fourth-order valence-electron chi connectivity index (χ4n) is 3.07. The van der Waals surface area contributed by atoms with Gasteiger partial charge >= 0.3 is 5.97 Å². The highest BCUT2D eigenvalue weighted by molar-refractivity contribution is 9.10. The van der Waals surface area contributed by atoms with Gasteiger partial charge in [-0.15, -0.1) is 0 Å². The van der Waals surface area contributed by atoms with E-state index in [-0.39, 0.29) is 17.1 Å². The van der Waals surface area contributed by atoms with Crippen LogP contribution in [0.3, 0.4) is 0 Å². The number of rotatable bonds is 5. The quantitative estimate of drug-likeness (QED) is 0.521. The number of ether oxygens (including phenoxy) is 2. The summed E-state index contributed by atoms with van der Waals surface area (Å²) in [7, 11) is 2.85. The van der Waals surface area contributed by atoms with Gasteiger partial charge in [-0.3, -0.25) is 9.78 Å². The minimum absolute atomic E-state index is 0.249. The standard InChI is InChI=1S/C21H19BrN2O4/c1-13-19(21(26)28-3)17(10-15-9-16(22)6-7-18(15)27-2)20(25)24(13)12-14-5-4-8-23-11-14/h4-11H,12H2,1-3H3/b17-10-. The highest BCUT2D eigenvalue weighted by atomic mass is 79.9. The van der Waals surface area contributed by atoms with Gasteiger partial charge in [0.1, 0.15) is 5.75 Å². The molecule has 0 saturated carbocycles. The molecule has 0 fully saturated rings. The van der Waals surface area contributed by atoms with Gasteiger partial charge in [0, 0.05) is 28.1 Å². The van der Waals surface area contributed by atoms with Crippen LogP contribution in [0.4, 0.5) is 0 Å². The van der Waals surface area contributed by atoms with Crippen LogP contribution in [0.25, 0.3) is 6.08 Å². The summed E-state index contributed by atoms with van der Waals surface area (Å²) in [4.78, 5) is 31.3. The van der Waals surface area contributed by atoms with Crippen LogP contribution >= 0.6 is 15.9 Å². The summed E-state index contributed by atoms with van der Waals surface area (Å²) in [6, 6.07) is 9.14. The molecule has 2 aromatic rings. The first-order valence-corrected chi connectivity index (χ1v) is 9.31. The number of carbonyl (C=O) groups excluding carboxylic acids is 2. The number of nitrogens with zero attached hydrogens (tertiary/aromatic N) is 2. The second-order valence-electron chi connectivity index (χ2n) is 6.15. The van der Waals surface area contributed by atoms with Crippen LogP contribution < -0.4 is 4.74 Å². The Hall–Kier alpha value is -2.93. The van der Waals surface area contributed by atoms with E-state index in [0.717, 1.165) is 10.0 Å². The van der Waals surface area contributed by atoms with Gasteiger partial charge in [0.05, 0.1) is 31.9 Å². The van der Waals surface area contributed by atoms with Gasteiger partial charge in [0.25, 0.3) is 5.91 Å². The van der Waals surface area contributed by atoms with E-state index < -0.39 is 5.97 Å². The van der Waals surface area contributed by atoms with Gasteiger partial charge in [0.15, 0.2) is 0 Å². The van der Waals surface area contributed by atoms with E-state index in [1.165, 1.54) is 7.11 Å². The molecule has 0 radical (unpaired) electrons. The summed E-state index contributed by atoms with van der Waals surface area (Å²) in [5, 5.41) is 0. The largest absolute Gasteiger partial charge is 0.496 e. The molecule has 1 aromatic carbocycles. The monoisotopic (exact) mass is 442 g/mol. The molecule has 0 aliphatic carbocycles. The molecular formula is C21H19BrN2O4. The number of aromatic nitrogens is 1. The van der Waals surface area contributed by atoms with Crippen molar-refractivity contribution >= 4 is 33.9 Å². The molecule has 2 heterocycles. The van der Waals surface area contributed by atoms with E-state index in [0.29, 0.717) is 23.6 Å². The van der Waals surface area contributed by atoms with Crippen LogP contribution in [0.5, 0.6) is 5.75 Å². The van der Waals surface area contributed by atoms with Crippen LogP contribution in [-0.4, -0.2) is 36.0 Å². The molecule has 144 valence electrons. The van der Waals surface area contributed by atoms with Gasteiger partial charge in [-0.1, -0.05) is 22.0 Å². The van der Waals surface area contributed by atoms with Crippen molar-refractivity contribution in [3.63, 3.8) is 0 Å². The van der Waals surface area contributed by atoms with E-state index in [2.05, 4.69) is 20.9 Å². The molecule has 0 unspecified atom stereocenters. The number of esters is 1. The van der Waals surface area contributed by atoms with E-state index in [1.54, 1.807) is 49.5 Å². The van der Waals surface area contributed by atoms with Gasteiger partial charge < -0.3 is 14.4 Å². The average Bonchev–Trinajstić information content (AvgIpc) is 2.93. The molecule has 1 aliphatic rings. The summed E-state index contributed by atoms with van der Waals surface area (Å²) >= 11 is 3.42. The number of halogens is 1. The third-order valence-corrected chi connectivity index (χ3v) is 4.95. The summed E-state index contributed by atoms with van der Waals surface area (Å²) in [5.74, 6) is -0.236. The highest BCUT2D eigenvalue weighted by Gasteiger charge is 2.37. The molecule has 0 N–H and O–H groups in total. The number of carbonyl (C=O) groups is 2. The normalized spacial score (nSPS) is 15.4. The Morgan fingerprint density at radius 1 is 1.29 bits per heavy atom. The first-order valence-electron chi connectivity index (χ1n) is 8.51. The Kier molecular flexibility index (Phi) is 5.94. The highest BCUT2D eigenvalue weighted by Crippen LogP contribution is 2.34. The summed E-state index contributed by atoms with van der Waals surface area (Å²) in [6.45, 7) is 2.05. The lowest BCUT2D eigenvalue weighted by molar-refractivity contribution is -0.136. The Balaban J connectivity index is 2.08. The molecule has 1 aromatic heterocycles. The zero-order chi connectivity index (χ0) is 20.3. The fourth-order valence-corrected chi connectivity index (χ4v) is 3.45. The van der Waals surface area contributed by atoms with E-state index in [9.17, 15) is 9.59 Å². The van der Waals surface area contributed by atoms with E-state index in [4.69, 9.17) is 9.47 Å². The summed E-state index contributed by atoms with van der Waals surface area (Å²) < 4.78 is 11.1. The lowest BCUT2D eigenvalue weighted by atomic mass is 10.0. The second kappa shape index (κ2) is 8.39.